The molecule has 2 aromatic carbocycles. The monoisotopic (exact) mass is 226 g/mol. The van der Waals surface area contributed by atoms with Crippen LogP contribution in [0.5, 0.6) is 5.75 Å². The van der Waals surface area contributed by atoms with Gasteiger partial charge in [-0.2, -0.15) is 0 Å². The third-order valence-electron chi connectivity index (χ3n) is 2.89. The molecule has 0 aliphatic carbocycles. The van der Waals surface area contributed by atoms with Crippen molar-refractivity contribution in [1.29, 1.82) is 0 Å². The molecular formula is C16H18O. The van der Waals surface area contributed by atoms with Gasteiger partial charge in [0, 0.05) is 5.92 Å². The third kappa shape index (κ3) is 3.35. The Bertz CT molecular complexity index is 445. The van der Waals surface area contributed by atoms with Gasteiger partial charge in [0.2, 0.25) is 0 Å². The summed E-state index contributed by atoms with van der Waals surface area (Å²) < 4.78 is 5.78. The molecule has 0 fully saturated rings. The highest BCUT2D eigenvalue weighted by molar-refractivity contribution is 5.26. The van der Waals surface area contributed by atoms with Crippen LogP contribution in [0.2, 0.25) is 0 Å². The second kappa shape index (κ2) is 5.53. The maximum Gasteiger partial charge on any atom is 0.119 e. The van der Waals surface area contributed by atoms with E-state index in [9.17, 15) is 0 Å². The van der Waals surface area contributed by atoms with Crippen molar-refractivity contribution >= 4 is 0 Å². The van der Waals surface area contributed by atoms with Gasteiger partial charge in [-0.05, 0) is 24.6 Å². The van der Waals surface area contributed by atoms with Crippen molar-refractivity contribution in [3.63, 3.8) is 0 Å². The van der Waals surface area contributed by atoms with Crippen LogP contribution in [0.3, 0.4) is 0 Å². The Morgan fingerprint density at radius 2 is 1.59 bits per heavy atom. The average Bonchev–Trinajstić information content (AvgIpc) is 2.39. The fraction of sp³-hybridized carbons (Fsp3) is 0.250. The van der Waals surface area contributed by atoms with Crippen LogP contribution in [0.4, 0.5) is 0 Å². The van der Waals surface area contributed by atoms with Crippen molar-refractivity contribution in [3.8, 4) is 5.75 Å². The molecule has 0 heterocycles. The Morgan fingerprint density at radius 1 is 0.941 bits per heavy atom. The van der Waals surface area contributed by atoms with Gasteiger partial charge in [0.1, 0.15) is 5.75 Å². The van der Waals surface area contributed by atoms with Crippen LogP contribution in [0.25, 0.3) is 0 Å². The van der Waals surface area contributed by atoms with Crippen LogP contribution in [0, 0.1) is 6.92 Å². The minimum atomic E-state index is 0.414. The lowest BCUT2D eigenvalue weighted by molar-refractivity contribution is 0.296. The lowest BCUT2D eigenvalue weighted by atomic mass is 10.0. The van der Waals surface area contributed by atoms with Gasteiger partial charge >= 0.3 is 0 Å². The van der Waals surface area contributed by atoms with Crippen molar-refractivity contribution in [2.75, 3.05) is 6.61 Å². The highest BCUT2D eigenvalue weighted by Gasteiger charge is 2.05. The van der Waals surface area contributed by atoms with E-state index in [1.807, 2.05) is 18.2 Å². The average molecular weight is 226 g/mol. The zero-order valence-corrected chi connectivity index (χ0v) is 10.4. The first-order chi connectivity index (χ1) is 8.25. The van der Waals surface area contributed by atoms with Gasteiger partial charge in [0.05, 0.1) is 6.61 Å². The van der Waals surface area contributed by atoms with Crippen LogP contribution >= 0.6 is 0 Å². The maximum absolute atomic E-state index is 5.78. The van der Waals surface area contributed by atoms with E-state index in [0.29, 0.717) is 12.5 Å². The molecule has 1 atom stereocenters. The smallest absolute Gasteiger partial charge is 0.119 e. The van der Waals surface area contributed by atoms with Crippen LogP contribution in [0.1, 0.15) is 24.0 Å². The van der Waals surface area contributed by atoms with Gasteiger partial charge in [-0.1, -0.05) is 55.0 Å². The summed E-state index contributed by atoms with van der Waals surface area (Å²) in [6.07, 6.45) is 0. The quantitative estimate of drug-likeness (QED) is 0.760. The highest BCUT2D eigenvalue weighted by atomic mass is 16.5. The number of benzene rings is 2. The van der Waals surface area contributed by atoms with Crippen LogP contribution < -0.4 is 4.74 Å². The zero-order chi connectivity index (χ0) is 12.1. The second-order valence-electron chi connectivity index (χ2n) is 4.44. The van der Waals surface area contributed by atoms with Gasteiger partial charge in [0.25, 0.3) is 0 Å². The van der Waals surface area contributed by atoms with Crippen molar-refractivity contribution in [3.05, 3.63) is 65.7 Å². The van der Waals surface area contributed by atoms with E-state index in [-0.39, 0.29) is 0 Å². The normalized spacial score (nSPS) is 12.1. The fourth-order valence-corrected chi connectivity index (χ4v) is 1.73. The van der Waals surface area contributed by atoms with Crippen LogP contribution in [-0.2, 0) is 0 Å². The molecule has 17 heavy (non-hydrogen) atoms. The SMILES string of the molecule is Cc1ccc(OCC(C)c2ccccc2)cc1. The molecular weight excluding hydrogens is 208 g/mol. The fourth-order valence-electron chi connectivity index (χ4n) is 1.73. The van der Waals surface area contributed by atoms with Crippen molar-refractivity contribution in [1.82, 2.24) is 0 Å². The first kappa shape index (κ1) is 11.7. The van der Waals surface area contributed by atoms with Gasteiger partial charge < -0.3 is 4.74 Å². The predicted octanol–water partition coefficient (Wildman–Crippen LogP) is 4.18. The van der Waals surface area contributed by atoms with Crippen molar-refractivity contribution in [2.24, 2.45) is 0 Å². The summed E-state index contributed by atoms with van der Waals surface area (Å²) in [5, 5.41) is 0. The van der Waals surface area contributed by atoms with Crippen LogP contribution in [-0.4, -0.2) is 6.61 Å². The zero-order valence-electron chi connectivity index (χ0n) is 10.4. The summed E-state index contributed by atoms with van der Waals surface area (Å²) in [4.78, 5) is 0. The molecule has 2 rings (SSSR count). The minimum Gasteiger partial charge on any atom is -0.493 e. The molecule has 0 aromatic heterocycles. The third-order valence-corrected chi connectivity index (χ3v) is 2.89. The first-order valence-corrected chi connectivity index (χ1v) is 6.00. The van der Waals surface area contributed by atoms with E-state index in [0.717, 1.165) is 5.75 Å². The van der Waals surface area contributed by atoms with E-state index >= 15 is 0 Å². The number of ether oxygens (including phenoxy) is 1. The van der Waals surface area contributed by atoms with Crippen molar-refractivity contribution < 1.29 is 4.74 Å². The number of aryl methyl sites for hydroxylation is 1. The molecule has 2 aromatic rings. The second-order valence-corrected chi connectivity index (χ2v) is 4.44. The number of rotatable bonds is 4. The lowest BCUT2D eigenvalue weighted by Crippen LogP contribution is -2.06. The highest BCUT2D eigenvalue weighted by Crippen LogP contribution is 2.18. The van der Waals surface area contributed by atoms with Crippen LogP contribution in [0.15, 0.2) is 54.6 Å². The van der Waals surface area contributed by atoms with E-state index < -0.39 is 0 Å². The maximum atomic E-state index is 5.78. The van der Waals surface area contributed by atoms with E-state index in [1.165, 1.54) is 11.1 Å². The molecule has 0 aliphatic heterocycles. The summed E-state index contributed by atoms with van der Waals surface area (Å²) in [5.74, 6) is 1.36. The lowest BCUT2D eigenvalue weighted by Gasteiger charge is -2.13. The van der Waals surface area contributed by atoms with Crippen molar-refractivity contribution in [2.45, 2.75) is 19.8 Å². The summed E-state index contributed by atoms with van der Waals surface area (Å²) in [5.41, 5.74) is 2.58. The Morgan fingerprint density at radius 3 is 2.24 bits per heavy atom. The molecule has 1 nitrogen and oxygen atoms in total. The summed E-state index contributed by atoms with van der Waals surface area (Å²) in [7, 11) is 0. The Balaban J connectivity index is 1.92. The molecule has 0 aliphatic rings. The molecule has 1 heteroatoms. The van der Waals surface area contributed by atoms with Gasteiger partial charge in [-0.25, -0.2) is 0 Å². The molecule has 1 unspecified atom stereocenters. The Hall–Kier alpha value is -1.76. The van der Waals surface area contributed by atoms with E-state index in [4.69, 9.17) is 4.74 Å². The molecule has 0 saturated heterocycles. The molecule has 0 N–H and O–H groups in total. The number of hydrogen-bond acceptors (Lipinski definition) is 1. The molecule has 0 amide bonds. The van der Waals surface area contributed by atoms with Gasteiger partial charge in [-0.15, -0.1) is 0 Å². The molecule has 0 bridgehead atoms. The topological polar surface area (TPSA) is 9.23 Å². The summed E-state index contributed by atoms with van der Waals surface area (Å²) >= 11 is 0. The predicted molar refractivity (Wildman–Crippen MR) is 71.5 cm³/mol. The largest absolute Gasteiger partial charge is 0.493 e. The van der Waals surface area contributed by atoms with Gasteiger partial charge in [-0.3, -0.25) is 0 Å². The Labute approximate surface area is 103 Å². The summed E-state index contributed by atoms with van der Waals surface area (Å²) in [6.45, 7) is 4.98. The molecule has 0 spiro atoms. The minimum absolute atomic E-state index is 0.414. The Kier molecular flexibility index (Phi) is 3.81. The standard InChI is InChI=1S/C16H18O/c1-13-8-10-16(11-9-13)17-12-14(2)15-6-4-3-5-7-15/h3-11,14H,12H2,1-2H3. The molecule has 88 valence electrons. The first-order valence-electron chi connectivity index (χ1n) is 6.00. The molecule has 0 saturated carbocycles. The number of hydrogen-bond donors (Lipinski definition) is 0. The van der Waals surface area contributed by atoms with E-state index in [2.05, 4.69) is 50.2 Å². The van der Waals surface area contributed by atoms with Gasteiger partial charge in [0.15, 0.2) is 0 Å². The molecule has 0 radical (unpaired) electrons. The summed E-state index contributed by atoms with van der Waals surface area (Å²) in [6, 6.07) is 18.6. The van der Waals surface area contributed by atoms with E-state index in [1.54, 1.807) is 0 Å².